The first kappa shape index (κ1) is 28.1. The monoisotopic (exact) mass is 736 g/mol. The summed E-state index contributed by atoms with van der Waals surface area (Å²) in [6.07, 6.45) is -0.886. The molecule has 12 heteroatoms. The SMILES string of the molecule is COCCOCCO.NC(=O)c1c(I)c(CC(O)CO)c(I)c(C(N)=O)c1I. The Hall–Kier alpha value is 0.150. The first-order chi connectivity index (χ1) is 13.1. The van der Waals surface area contributed by atoms with Gasteiger partial charge in [-0.1, -0.05) is 0 Å². The third kappa shape index (κ3) is 8.88. The lowest BCUT2D eigenvalue weighted by Gasteiger charge is -2.18. The van der Waals surface area contributed by atoms with Gasteiger partial charge < -0.3 is 36.3 Å². The maximum Gasteiger partial charge on any atom is 0.250 e. The number of halogens is 3. The molecule has 0 bridgehead atoms. The summed E-state index contributed by atoms with van der Waals surface area (Å²) in [5.74, 6) is -1.34. The molecular weight excluding hydrogens is 713 g/mol. The van der Waals surface area contributed by atoms with Crippen molar-refractivity contribution in [1.29, 1.82) is 0 Å². The predicted molar refractivity (Wildman–Crippen MR) is 128 cm³/mol. The number of nitrogens with two attached hydrogens (primary N) is 2. The van der Waals surface area contributed by atoms with Crippen LogP contribution in [0.25, 0.3) is 0 Å². The van der Waals surface area contributed by atoms with E-state index < -0.39 is 24.5 Å². The number of ether oxygens (including phenoxy) is 2. The molecule has 0 aliphatic carbocycles. The first-order valence-corrected chi connectivity index (χ1v) is 11.1. The molecule has 0 spiro atoms. The van der Waals surface area contributed by atoms with Gasteiger partial charge >= 0.3 is 0 Å². The molecule has 160 valence electrons. The number of hydrogen-bond donors (Lipinski definition) is 5. The molecule has 0 aliphatic rings. The largest absolute Gasteiger partial charge is 0.394 e. The molecule has 1 aromatic carbocycles. The van der Waals surface area contributed by atoms with Crippen LogP contribution in [0.3, 0.4) is 0 Å². The van der Waals surface area contributed by atoms with E-state index >= 15 is 0 Å². The van der Waals surface area contributed by atoms with E-state index in [0.717, 1.165) is 0 Å². The van der Waals surface area contributed by atoms with Gasteiger partial charge in [-0.3, -0.25) is 9.59 Å². The Balaban J connectivity index is 0.000000769. The molecule has 1 unspecified atom stereocenters. The summed E-state index contributed by atoms with van der Waals surface area (Å²) >= 11 is 5.74. The number of amides is 2. The van der Waals surface area contributed by atoms with Crippen LogP contribution in [0.5, 0.6) is 0 Å². The van der Waals surface area contributed by atoms with Gasteiger partial charge in [0, 0.05) is 24.2 Å². The second kappa shape index (κ2) is 15.0. The number of primary amides is 2. The lowest BCUT2D eigenvalue weighted by molar-refractivity contribution is 0.0500. The van der Waals surface area contributed by atoms with Gasteiger partial charge in [0.1, 0.15) is 0 Å². The molecule has 0 aliphatic heterocycles. The van der Waals surface area contributed by atoms with Crippen LogP contribution >= 0.6 is 67.8 Å². The molecule has 9 nitrogen and oxygen atoms in total. The fraction of sp³-hybridized carbons (Fsp3) is 0.500. The van der Waals surface area contributed by atoms with Crippen molar-refractivity contribution in [1.82, 2.24) is 0 Å². The Labute approximate surface area is 203 Å². The van der Waals surface area contributed by atoms with Gasteiger partial charge in [0.15, 0.2) is 0 Å². The fourth-order valence-electron chi connectivity index (χ4n) is 1.94. The maximum atomic E-state index is 11.6. The van der Waals surface area contributed by atoms with Crippen molar-refractivity contribution in [2.45, 2.75) is 12.5 Å². The Morgan fingerprint density at radius 2 is 1.46 bits per heavy atom. The second-order valence-electron chi connectivity index (χ2n) is 5.27. The second-order valence-corrected chi connectivity index (χ2v) is 8.50. The molecule has 0 heterocycles. The Morgan fingerprint density at radius 1 is 0.964 bits per heavy atom. The molecule has 7 N–H and O–H groups in total. The summed E-state index contributed by atoms with van der Waals surface area (Å²) in [5.41, 5.74) is 11.7. The average molecular weight is 736 g/mol. The van der Waals surface area contributed by atoms with Crippen LogP contribution in [0.15, 0.2) is 0 Å². The Kier molecular flexibility index (Phi) is 15.1. The van der Waals surface area contributed by atoms with Gasteiger partial charge in [-0.25, -0.2) is 0 Å². The quantitative estimate of drug-likeness (QED) is 0.170. The summed E-state index contributed by atoms with van der Waals surface area (Å²) in [4.78, 5) is 23.2. The maximum absolute atomic E-state index is 11.6. The highest BCUT2D eigenvalue weighted by molar-refractivity contribution is 14.1. The number of hydrogen-bond acceptors (Lipinski definition) is 7. The zero-order valence-electron chi connectivity index (χ0n) is 15.1. The van der Waals surface area contributed by atoms with Crippen LogP contribution in [0.2, 0.25) is 0 Å². The van der Waals surface area contributed by atoms with E-state index in [1.54, 1.807) is 7.11 Å². The van der Waals surface area contributed by atoms with E-state index in [1.807, 2.05) is 67.8 Å². The van der Waals surface area contributed by atoms with Gasteiger partial charge in [-0.2, -0.15) is 0 Å². The number of benzene rings is 1. The number of rotatable bonds is 10. The molecule has 1 aromatic rings. The van der Waals surface area contributed by atoms with Crippen LogP contribution < -0.4 is 11.5 Å². The molecule has 0 aromatic heterocycles. The van der Waals surface area contributed by atoms with Gasteiger partial charge in [-0.15, -0.1) is 0 Å². The minimum absolute atomic E-state index is 0.0870. The summed E-state index contributed by atoms with van der Waals surface area (Å²) in [5, 5.41) is 26.7. The lowest BCUT2D eigenvalue weighted by Crippen LogP contribution is -2.25. The van der Waals surface area contributed by atoms with E-state index in [-0.39, 0.29) is 24.2 Å². The van der Waals surface area contributed by atoms with Crippen molar-refractivity contribution in [3.63, 3.8) is 0 Å². The molecule has 2 amide bonds. The molecular formula is C16H23I3N2O7. The zero-order valence-corrected chi connectivity index (χ0v) is 21.6. The van der Waals surface area contributed by atoms with Crippen molar-refractivity contribution in [3.8, 4) is 0 Å². The summed E-state index contributed by atoms with van der Waals surface area (Å²) in [6.45, 7) is 1.24. The average Bonchev–Trinajstić information content (AvgIpc) is 2.62. The number of aliphatic hydroxyl groups is 3. The Bertz CT molecular complexity index is 627. The topological polar surface area (TPSA) is 165 Å². The summed E-state index contributed by atoms with van der Waals surface area (Å²) in [6, 6.07) is 0. The number of methoxy groups -OCH3 is 1. The number of carbonyl (C=O) groups excluding carboxylic acids is 2. The van der Waals surface area contributed by atoms with Crippen LogP contribution in [0.4, 0.5) is 0 Å². The molecule has 0 fully saturated rings. The highest BCUT2D eigenvalue weighted by atomic mass is 127. The van der Waals surface area contributed by atoms with Crippen molar-refractivity contribution in [2.75, 3.05) is 40.1 Å². The van der Waals surface area contributed by atoms with Crippen LogP contribution in [0.1, 0.15) is 26.3 Å². The molecule has 1 atom stereocenters. The van der Waals surface area contributed by atoms with E-state index in [2.05, 4.69) is 4.74 Å². The third-order valence-corrected chi connectivity index (χ3v) is 6.68. The van der Waals surface area contributed by atoms with E-state index in [4.69, 9.17) is 26.4 Å². The van der Waals surface area contributed by atoms with Crippen LogP contribution in [0, 0.1) is 10.7 Å². The summed E-state index contributed by atoms with van der Waals surface area (Å²) in [7, 11) is 1.61. The van der Waals surface area contributed by atoms with Gasteiger partial charge in [0.05, 0.1) is 50.3 Å². The number of aliphatic hydroxyl groups excluding tert-OH is 3. The predicted octanol–water partition coefficient (Wildman–Crippen LogP) is 0.236. The van der Waals surface area contributed by atoms with Crippen LogP contribution in [-0.4, -0.2) is 73.4 Å². The molecule has 0 saturated heterocycles. The van der Waals surface area contributed by atoms with Crippen molar-refractivity contribution >= 4 is 79.6 Å². The Morgan fingerprint density at radius 3 is 1.82 bits per heavy atom. The van der Waals surface area contributed by atoms with E-state index in [0.29, 0.717) is 36.1 Å². The molecule has 28 heavy (non-hydrogen) atoms. The standard InChI is InChI=1S/C11H11I3N2O4.C5H12O3/c12-7-4(1-3(18)2-17)8(13)6(11(16)20)9(14)5(7)10(15)19;1-7-4-5-8-3-2-6/h3,17-18H,1-2H2,(H2,15,19)(H2,16,20);6H,2-5H2,1H3. The lowest BCUT2D eigenvalue weighted by atomic mass is 10.0. The van der Waals surface area contributed by atoms with Crippen molar-refractivity contribution in [2.24, 2.45) is 11.5 Å². The van der Waals surface area contributed by atoms with Gasteiger partial charge in [0.2, 0.25) is 0 Å². The smallest absolute Gasteiger partial charge is 0.250 e. The van der Waals surface area contributed by atoms with E-state index in [1.165, 1.54) is 0 Å². The molecule has 1 rings (SSSR count). The normalized spacial score (nSPS) is 11.5. The van der Waals surface area contributed by atoms with E-state index in [9.17, 15) is 14.7 Å². The minimum Gasteiger partial charge on any atom is -0.394 e. The van der Waals surface area contributed by atoms with Crippen LogP contribution in [-0.2, 0) is 15.9 Å². The fourth-order valence-corrected chi connectivity index (χ4v) is 6.61. The zero-order chi connectivity index (χ0) is 21.9. The first-order valence-electron chi connectivity index (χ1n) is 7.89. The van der Waals surface area contributed by atoms with Gasteiger partial charge in [-0.05, 0) is 73.3 Å². The third-order valence-electron chi connectivity index (χ3n) is 3.22. The minimum atomic E-state index is -0.987. The number of carbonyl (C=O) groups is 2. The summed E-state index contributed by atoms with van der Waals surface area (Å²) < 4.78 is 11.0. The highest BCUT2D eigenvalue weighted by Gasteiger charge is 2.26. The molecule has 0 saturated carbocycles. The van der Waals surface area contributed by atoms with Crippen molar-refractivity contribution < 1.29 is 34.4 Å². The van der Waals surface area contributed by atoms with Gasteiger partial charge in [0.25, 0.3) is 11.8 Å². The molecule has 0 radical (unpaired) electrons. The highest BCUT2D eigenvalue weighted by Crippen LogP contribution is 2.32. The van der Waals surface area contributed by atoms with Crippen molar-refractivity contribution in [3.05, 3.63) is 27.4 Å².